The summed E-state index contributed by atoms with van der Waals surface area (Å²) in [5, 5.41) is 0.793. The highest BCUT2D eigenvalue weighted by Gasteiger charge is 2.61. The Hall–Kier alpha value is -4.91. The van der Waals surface area contributed by atoms with Crippen LogP contribution in [0.25, 0.3) is 10.9 Å². The number of imide groups is 1. The van der Waals surface area contributed by atoms with Crippen LogP contribution in [0, 0.1) is 0 Å². The number of carbonyl (C=O) groups excluding carboxylic acids is 2. The summed E-state index contributed by atoms with van der Waals surface area (Å²) in [6.07, 6.45) is 2.28. The van der Waals surface area contributed by atoms with Crippen molar-refractivity contribution in [2.24, 2.45) is 0 Å². The third-order valence-electron chi connectivity index (χ3n) is 8.50. The Kier molecular flexibility index (Phi) is 7.84. The topological polar surface area (TPSA) is 51.5 Å². The smallest absolute Gasteiger partial charge is 0.293 e. The maximum Gasteiger partial charge on any atom is 0.293 e. The van der Waals surface area contributed by atoms with Crippen LogP contribution in [-0.4, -0.2) is 32.2 Å². The first-order valence-corrected chi connectivity index (χ1v) is 15.9. The second-order valence-corrected chi connectivity index (χ2v) is 12.4. The van der Waals surface area contributed by atoms with Crippen molar-refractivity contribution in [3.05, 3.63) is 180 Å². The minimum atomic E-state index is -1.45. The molecule has 5 aromatic carbocycles. The van der Waals surface area contributed by atoms with Gasteiger partial charge in [-0.15, -0.1) is 0 Å². The Bertz CT molecular complexity index is 1830. The third kappa shape index (κ3) is 5.16. The normalized spacial score (nSPS) is 16.8. The number of hydrogen-bond acceptors (Lipinski definition) is 4. The maximum absolute atomic E-state index is 15.2. The Labute approximate surface area is 267 Å². The molecule has 1 saturated heterocycles. The van der Waals surface area contributed by atoms with Crippen molar-refractivity contribution in [1.82, 2.24) is 9.47 Å². The number of aromatic nitrogens is 1. The lowest BCUT2D eigenvalue weighted by Gasteiger charge is -2.42. The van der Waals surface area contributed by atoms with Crippen molar-refractivity contribution < 1.29 is 14.3 Å². The fourth-order valence-electron chi connectivity index (χ4n) is 6.46. The van der Waals surface area contributed by atoms with E-state index in [1.54, 1.807) is 0 Å². The summed E-state index contributed by atoms with van der Waals surface area (Å²) in [5.41, 5.74) is 3.25. The maximum atomic E-state index is 15.2. The van der Waals surface area contributed by atoms with Gasteiger partial charge in [-0.3, -0.25) is 14.5 Å². The van der Waals surface area contributed by atoms with Gasteiger partial charge >= 0.3 is 0 Å². The fraction of sp³-hybridized carbons (Fsp3) is 0.128. The van der Waals surface area contributed by atoms with E-state index < -0.39 is 10.5 Å². The van der Waals surface area contributed by atoms with Gasteiger partial charge in [-0.25, -0.2) is 0 Å². The lowest BCUT2D eigenvalue weighted by Crippen LogP contribution is -2.54. The van der Waals surface area contributed by atoms with Gasteiger partial charge in [-0.2, -0.15) is 0 Å². The highest BCUT2D eigenvalue weighted by atomic mass is 32.2. The van der Waals surface area contributed by atoms with Crippen molar-refractivity contribution in [3.63, 3.8) is 0 Å². The van der Waals surface area contributed by atoms with Gasteiger partial charge in [0, 0.05) is 24.7 Å². The molecule has 2 amide bonds. The number of carbonyl (C=O) groups is 2. The summed E-state index contributed by atoms with van der Waals surface area (Å²) < 4.78 is 8.79. The van der Waals surface area contributed by atoms with Crippen molar-refractivity contribution in [2.75, 3.05) is 6.61 Å². The predicted molar refractivity (Wildman–Crippen MR) is 180 cm³/mol. The van der Waals surface area contributed by atoms with E-state index in [-0.39, 0.29) is 24.2 Å². The minimum Gasteiger partial charge on any atom is -0.352 e. The van der Waals surface area contributed by atoms with E-state index in [0.717, 1.165) is 44.9 Å². The first-order valence-electron chi connectivity index (χ1n) is 15.1. The van der Waals surface area contributed by atoms with Gasteiger partial charge in [-0.1, -0.05) is 140 Å². The highest BCUT2D eigenvalue weighted by molar-refractivity contribution is 8.15. The minimum absolute atomic E-state index is 0.250. The molecule has 45 heavy (non-hydrogen) atoms. The Morgan fingerprint density at radius 3 is 1.71 bits per heavy atom. The highest BCUT2D eigenvalue weighted by Crippen LogP contribution is 2.51. The van der Waals surface area contributed by atoms with E-state index in [0.29, 0.717) is 6.54 Å². The number of ether oxygens (including phenoxy) is 1. The molecule has 1 fully saturated rings. The largest absolute Gasteiger partial charge is 0.352 e. The Balaban J connectivity index is 1.35. The molecule has 5 nitrogen and oxygen atoms in total. The average molecular weight is 609 g/mol. The summed E-state index contributed by atoms with van der Waals surface area (Å²) in [5.74, 6) is -0.365. The van der Waals surface area contributed by atoms with E-state index in [1.165, 1.54) is 4.90 Å². The quantitative estimate of drug-likeness (QED) is 0.147. The van der Waals surface area contributed by atoms with Crippen LogP contribution in [0.1, 0.15) is 22.3 Å². The van der Waals surface area contributed by atoms with E-state index in [1.807, 2.05) is 140 Å². The molecule has 1 aliphatic rings. The molecule has 0 bridgehead atoms. The van der Waals surface area contributed by atoms with Crippen LogP contribution in [0.15, 0.2) is 158 Å². The lowest BCUT2D eigenvalue weighted by molar-refractivity contribution is -0.145. The molecule has 6 aromatic rings. The number of thioether (sulfide) groups is 1. The molecular formula is C39H32N2O3S. The van der Waals surface area contributed by atoms with Gasteiger partial charge in [0.05, 0.1) is 6.61 Å². The summed E-state index contributed by atoms with van der Waals surface area (Å²) in [6, 6.07) is 49.5. The van der Waals surface area contributed by atoms with Crippen molar-refractivity contribution in [3.8, 4) is 0 Å². The van der Waals surface area contributed by atoms with Crippen LogP contribution in [-0.2, 0) is 28.0 Å². The first-order chi connectivity index (χ1) is 22.1. The molecule has 0 spiro atoms. The second-order valence-electron chi connectivity index (χ2n) is 11.1. The molecule has 1 aliphatic heterocycles. The number of amides is 2. The molecule has 0 radical (unpaired) electrons. The molecule has 7 rings (SSSR count). The number of hydrogen-bond donors (Lipinski definition) is 0. The van der Waals surface area contributed by atoms with Gasteiger partial charge in [0.15, 0.2) is 0 Å². The standard InChI is InChI=1S/C39H32N2O3S/c42-36-38(29-30-15-5-1-6-16-30,44-28-27-40-26-25-31-17-13-14-24-35(31)40)45-37(43)41(36)39(32-18-7-2-8-19-32,33-20-9-3-10-21-33)34-22-11-4-12-23-34/h1-26H,27-29H2. The molecular weight excluding hydrogens is 577 g/mol. The lowest BCUT2D eigenvalue weighted by atomic mass is 9.75. The van der Waals surface area contributed by atoms with Crippen molar-refractivity contribution in [2.45, 2.75) is 23.4 Å². The zero-order valence-electron chi connectivity index (χ0n) is 24.7. The van der Waals surface area contributed by atoms with E-state index in [2.05, 4.69) is 22.8 Å². The van der Waals surface area contributed by atoms with E-state index in [4.69, 9.17) is 4.74 Å². The summed E-state index contributed by atoms with van der Waals surface area (Å²) in [4.78, 5) is 29.7. The van der Waals surface area contributed by atoms with Crippen LogP contribution < -0.4 is 0 Å². The molecule has 1 unspecified atom stereocenters. The fourth-order valence-corrected chi connectivity index (χ4v) is 7.61. The van der Waals surface area contributed by atoms with Crippen LogP contribution in [0.5, 0.6) is 0 Å². The molecule has 222 valence electrons. The number of fused-ring (bicyclic) bond motifs is 1. The first kappa shape index (κ1) is 28.8. The zero-order valence-corrected chi connectivity index (χ0v) is 25.5. The third-order valence-corrected chi connectivity index (χ3v) is 9.62. The molecule has 0 saturated carbocycles. The summed E-state index contributed by atoms with van der Waals surface area (Å²) >= 11 is 0.982. The van der Waals surface area contributed by atoms with Crippen LogP contribution in [0.3, 0.4) is 0 Å². The number of para-hydroxylation sites is 1. The molecule has 1 aromatic heterocycles. The van der Waals surface area contributed by atoms with Crippen LogP contribution >= 0.6 is 11.8 Å². The Morgan fingerprint density at radius 2 is 1.13 bits per heavy atom. The molecule has 0 N–H and O–H groups in total. The summed E-state index contributed by atoms with van der Waals surface area (Å²) in [6.45, 7) is 0.785. The van der Waals surface area contributed by atoms with Crippen LogP contribution in [0.2, 0.25) is 0 Å². The monoisotopic (exact) mass is 608 g/mol. The van der Waals surface area contributed by atoms with Gasteiger partial charge in [0.25, 0.3) is 11.1 Å². The predicted octanol–water partition coefficient (Wildman–Crippen LogP) is 8.28. The molecule has 1 atom stereocenters. The van der Waals surface area contributed by atoms with E-state index in [9.17, 15) is 4.79 Å². The molecule has 6 heteroatoms. The van der Waals surface area contributed by atoms with Gasteiger partial charge in [0.1, 0.15) is 5.54 Å². The van der Waals surface area contributed by atoms with Crippen LogP contribution in [0.4, 0.5) is 4.79 Å². The zero-order chi connectivity index (χ0) is 30.7. The summed E-state index contributed by atoms with van der Waals surface area (Å²) in [7, 11) is 0. The molecule has 0 aliphatic carbocycles. The SMILES string of the molecule is O=C1SC(Cc2ccccc2)(OCCn2ccc3ccccc32)C(=O)N1C(c1ccccc1)(c1ccccc1)c1ccccc1. The second kappa shape index (κ2) is 12.2. The van der Waals surface area contributed by atoms with Crippen molar-refractivity contribution in [1.29, 1.82) is 0 Å². The van der Waals surface area contributed by atoms with Crippen molar-refractivity contribution >= 4 is 33.8 Å². The van der Waals surface area contributed by atoms with Gasteiger partial charge in [-0.05, 0) is 51.5 Å². The Morgan fingerprint density at radius 1 is 0.622 bits per heavy atom. The number of rotatable bonds is 10. The average Bonchev–Trinajstić information content (AvgIpc) is 3.61. The van der Waals surface area contributed by atoms with Gasteiger partial charge in [0.2, 0.25) is 4.93 Å². The number of benzene rings is 5. The number of nitrogens with zero attached hydrogens (tertiary/aromatic N) is 2. The van der Waals surface area contributed by atoms with Gasteiger partial charge < -0.3 is 9.30 Å². The molecule has 2 heterocycles. The van der Waals surface area contributed by atoms with E-state index >= 15 is 4.79 Å².